The lowest BCUT2D eigenvalue weighted by Gasteiger charge is -2.25. The first-order valence-electron chi connectivity index (χ1n) is 10.4. The molecule has 5 heteroatoms. The fourth-order valence-electron chi connectivity index (χ4n) is 3.85. The lowest BCUT2D eigenvalue weighted by atomic mass is 9.95. The summed E-state index contributed by atoms with van der Waals surface area (Å²) in [6.07, 6.45) is 9.00. The number of hydrogen-bond acceptors (Lipinski definition) is 4. The van der Waals surface area contributed by atoms with Crippen LogP contribution >= 0.6 is 11.6 Å². The van der Waals surface area contributed by atoms with Gasteiger partial charge < -0.3 is 5.32 Å². The van der Waals surface area contributed by atoms with Crippen LogP contribution in [-0.2, 0) is 6.42 Å². The van der Waals surface area contributed by atoms with Crippen LogP contribution in [0.15, 0.2) is 55.2 Å². The zero-order chi connectivity index (χ0) is 21.3. The number of hydrogen-bond donors (Lipinski definition) is 1. The van der Waals surface area contributed by atoms with E-state index in [1.165, 1.54) is 50.0 Å². The summed E-state index contributed by atoms with van der Waals surface area (Å²) in [5.74, 6) is 0. The van der Waals surface area contributed by atoms with Gasteiger partial charge in [-0.25, -0.2) is 9.97 Å². The molecule has 1 saturated carbocycles. The van der Waals surface area contributed by atoms with Gasteiger partial charge in [0.15, 0.2) is 0 Å². The van der Waals surface area contributed by atoms with E-state index in [1.807, 2.05) is 24.4 Å². The van der Waals surface area contributed by atoms with Crippen LogP contribution in [-0.4, -0.2) is 16.0 Å². The molecular formula is C25H27ClN4. The Morgan fingerprint density at radius 2 is 1.93 bits per heavy atom. The van der Waals surface area contributed by atoms with E-state index in [1.54, 1.807) is 6.07 Å². The average Bonchev–Trinajstić information content (AvgIpc) is 2.76. The Morgan fingerprint density at radius 1 is 1.20 bits per heavy atom. The van der Waals surface area contributed by atoms with Gasteiger partial charge in [-0.2, -0.15) is 5.26 Å². The Bertz CT molecular complexity index is 1030. The molecule has 4 nitrogen and oxygen atoms in total. The van der Waals surface area contributed by atoms with E-state index in [0.717, 1.165) is 28.9 Å². The van der Waals surface area contributed by atoms with Crippen molar-refractivity contribution in [1.29, 1.82) is 5.26 Å². The number of nitrogens with zero attached hydrogens (tertiary/aromatic N) is 3. The van der Waals surface area contributed by atoms with Gasteiger partial charge in [-0.3, -0.25) is 0 Å². The van der Waals surface area contributed by atoms with Gasteiger partial charge in [-0.05, 0) is 48.6 Å². The van der Waals surface area contributed by atoms with Crippen molar-refractivity contribution >= 4 is 28.2 Å². The molecule has 0 spiro atoms. The Balaban J connectivity index is 0.000000806. The minimum Gasteiger partial charge on any atom is -0.381 e. The smallest absolute Gasteiger partial charge is 0.129 e. The monoisotopic (exact) mass is 418 g/mol. The van der Waals surface area contributed by atoms with Crippen molar-refractivity contribution in [3.05, 3.63) is 77.2 Å². The fraction of sp³-hybridized carbons (Fsp3) is 0.320. The Hall–Kier alpha value is -2.90. The van der Waals surface area contributed by atoms with Gasteiger partial charge in [-0.1, -0.05) is 61.7 Å². The molecule has 0 bridgehead atoms. The molecule has 1 aromatic carbocycles. The molecule has 154 valence electrons. The minimum atomic E-state index is 0.517. The van der Waals surface area contributed by atoms with Crippen LogP contribution in [0.25, 0.3) is 16.6 Å². The Morgan fingerprint density at radius 3 is 2.63 bits per heavy atom. The third-order valence-corrected chi connectivity index (χ3v) is 5.50. The number of halogens is 1. The molecule has 0 aliphatic heterocycles. The molecule has 0 unspecified atom stereocenters. The molecule has 2 aromatic heterocycles. The molecule has 3 aromatic rings. The summed E-state index contributed by atoms with van der Waals surface area (Å²) in [5.41, 5.74) is 5.21. The lowest BCUT2D eigenvalue weighted by Crippen LogP contribution is -2.29. The number of para-hydroxylation sites is 1. The number of nitriles is 1. The van der Waals surface area contributed by atoms with Crippen molar-refractivity contribution in [3.63, 3.8) is 0 Å². The normalized spacial score (nSPS) is 13.8. The summed E-state index contributed by atoms with van der Waals surface area (Å²) in [6, 6.07) is 16.6. The zero-order valence-electron chi connectivity index (χ0n) is 17.4. The van der Waals surface area contributed by atoms with E-state index in [4.69, 9.17) is 21.8 Å². The predicted octanol–water partition coefficient (Wildman–Crippen LogP) is 6.30. The molecule has 4 rings (SSSR count). The van der Waals surface area contributed by atoms with Crippen molar-refractivity contribution in [2.24, 2.45) is 0 Å². The van der Waals surface area contributed by atoms with Crippen molar-refractivity contribution < 1.29 is 0 Å². The average molecular weight is 419 g/mol. The summed E-state index contributed by atoms with van der Waals surface area (Å²) in [4.78, 5) is 9.07. The van der Waals surface area contributed by atoms with Crippen LogP contribution in [0.1, 0.15) is 55.8 Å². The highest BCUT2D eigenvalue weighted by molar-refractivity contribution is 6.29. The molecule has 2 heterocycles. The molecule has 0 radical (unpaired) electrons. The highest BCUT2D eigenvalue weighted by Crippen LogP contribution is 2.25. The molecule has 0 amide bonds. The van der Waals surface area contributed by atoms with Crippen LogP contribution in [0.5, 0.6) is 0 Å². The van der Waals surface area contributed by atoms with Gasteiger partial charge in [0.05, 0.1) is 23.0 Å². The van der Waals surface area contributed by atoms with E-state index in [0.29, 0.717) is 11.2 Å². The maximum atomic E-state index is 7.32. The second-order valence-corrected chi connectivity index (χ2v) is 7.92. The predicted molar refractivity (Wildman–Crippen MR) is 124 cm³/mol. The Kier molecular flexibility index (Phi) is 7.82. The van der Waals surface area contributed by atoms with Crippen LogP contribution in [0.4, 0.5) is 0 Å². The molecule has 1 aliphatic rings. The number of benzene rings is 1. The van der Waals surface area contributed by atoms with Gasteiger partial charge in [-0.15, -0.1) is 0 Å². The zero-order valence-corrected chi connectivity index (χ0v) is 18.1. The van der Waals surface area contributed by atoms with Crippen LogP contribution in [0.2, 0.25) is 5.15 Å². The SMILES string of the molecule is C=C(NC1CCCCC1)c1cc(Cc2ccc(Cl)nc2)c2ccccc2n1.CC#N. The summed E-state index contributed by atoms with van der Waals surface area (Å²) in [6.45, 7) is 5.71. The van der Waals surface area contributed by atoms with Crippen molar-refractivity contribution in [2.45, 2.75) is 51.5 Å². The quantitative estimate of drug-likeness (QED) is 0.494. The fourth-order valence-corrected chi connectivity index (χ4v) is 3.96. The van der Waals surface area contributed by atoms with Crippen LogP contribution in [0, 0.1) is 11.3 Å². The molecule has 1 N–H and O–H groups in total. The molecule has 0 atom stereocenters. The summed E-state index contributed by atoms with van der Waals surface area (Å²) in [5, 5.41) is 12.6. The number of pyridine rings is 2. The van der Waals surface area contributed by atoms with Crippen molar-refractivity contribution in [1.82, 2.24) is 15.3 Å². The van der Waals surface area contributed by atoms with Gasteiger partial charge in [0.25, 0.3) is 0 Å². The van der Waals surface area contributed by atoms with E-state index in [2.05, 4.69) is 41.1 Å². The largest absolute Gasteiger partial charge is 0.381 e. The molecular weight excluding hydrogens is 392 g/mol. The minimum absolute atomic E-state index is 0.517. The number of aromatic nitrogens is 2. The topological polar surface area (TPSA) is 61.6 Å². The van der Waals surface area contributed by atoms with Crippen LogP contribution < -0.4 is 5.32 Å². The van der Waals surface area contributed by atoms with Crippen LogP contribution in [0.3, 0.4) is 0 Å². The molecule has 1 fully saturated rings. The summed E-state index contributed by atoms with van der Waals surface area (Å²) >= 11 is 5.93. The van der Waals surface area contributed by atoms with Gasteiger partial charge in [0, 0.05) is 24.5 Å². The first-order chi connectivity index (χ1) is 14.6. The number of rotatable bonds is 5. The van der Waals surface area contributed by atoms with E-state index in [9.17, 15) is 0 Å². The van der Waals surface area contributed by atoms with Gasteiger partial charge in [0.1, 0.15) is 5.15 Å². The second-order valence-electron chi connectivity index (χ2n) is 7.53. The maximum absolute atomic E-state index is 7.32. The van der Waals surface area contributed by atoms with E-state index in [-0.39, 0.29) is 0 Å². The van der Waals surface area contributed by atoms with Gasteiger partial charge >= 0.3 is 0 Å². The van der Waals surface area contributed by atoms with Crippen molar-refractivity contribution in [2.75, 3.05) is 0 Å². The molecule has 30 heavy (non-hydrogen) atoms. The summed E-state index contributed by atoms with van der Waals surface area (Å²) < 4.78 is 0. The standard InChI is InChI=1S/C23H24ClN3.C2H3N/c1-16(26-19-7-3-2-4-8-19)22-14-18(13-17-11-12-23(24)25-15-17)20-9-5-6-10-21(20)27-22;1-2-3/h5-6,9-12,14-15,19,26H,1-4,7-8,13H2;1H3. The molecule has 1 aliphatic carbocycles. The van der Waals surface area contributed by atoms with Crippen molar-refractivity contribution in [3.8, 4) is 6.07 Å². The lowest BCUT2D eigenvalue weighted by molar-refractivity contribution is 0.409. The van der Waals surface area contributed by atoms with E-state index < -0.39 is 0 Å². The first kappa shape index (κ1) is 21.8. The third-order valence-electron chi connectivity index (χ3n) is 5.28. The highest BCUT2D eigenvalue weighted by atomic mass is 35.5. The van der Waals surface area contributed by atoms with E-state index >= 15 is 0 Å². The summed E-state index contributed by atoms with van der Waals surface area (Å²) in [7, 11) is 0. The Labute approximate surface area is 183 Å². The van der Waals surface area contributed by atoms with Gasteiger partial charge in [0.2, 0.25) is 0 Å². The third kappa shape index (κ3) is 5.81. The highest BCUT2D eigenvalue weighted by Gasteiger charge is 2.15. The number of nitrogens with one attached hydrogen (secondary N) is 1. The maximum Gasteiger partial charge on any atom is 0.129 e. The number of fused-ring (bicyclic) bond motifs is 1. The second kappa shape index (κ2) is 10.8. The molecule has 0 saturated heterocycles. The first-order valence-corrected chi connectivity index (χ1v) is 10.7.